The molecule has 0 aliphatic heterocycles. The van der Waals surface area contributed by atoms with E-state index in [9.17, 15) is 4.79 Å². The number of aromatic hydroxyl groups is 1. The first kappa shape index (κ1) is 11.2. The number of carbonyl (C=O) groups excluding carboxylic acids is 1. The standard InChI is InChI=1S/C12H12N2O3/c15-10-3-1-9(2-4-10)5-7-13-12(16)11-6-8-17-14-11/h1-4,6,8,15H,5,7H2,(H,13,16). The number of nitrogens with one attached hydrogen (secondary N) is 1. The van der Waals surface area contributed by atoms with Crippen molar-refractivity contribution in [3.8, 4) is 5.75 Å². The van der Waals surface area contributed by atoms with Gasteiger partial charge in [-0.15, -0.1) is 0 Å². The molecule has 0 aliphatic carbocycles. The van der Waals surface area contributed by atoms with Gasteiger partial charge in [0.1, 0.15) is 12.0 Å². The highest BCUT2D eigenvalue weighted by atomic mass is 16.5. The Morgan fingerprint density at radius 3 is 2.71 bits per heavy atom. The van der Waals surface area contributed by atoms with Gasteiger partial charge in [-0.1, -0.05) is 17.3 Å². The van der Waals surface area contributed by atoms with Gasteiger partial charge in [0.05, 0.1) is 0 Å². The molecule has 0 saturated heterocycles. The second-order valence-electron chi connectivity index (χ2n) is 3.56. The highest BCUT2D eigenvalue weighted by Gasteiger charge is 2.07. The molecule has 0 saturated carbocycles. The number of aromatic nitrogens is 1. The van der Waals surface area contributed by atoms with Gasteiger partial charge in [0.2, 0.25) is 0 Å². The van der Waals surface area contributed by atoms with Crippen LogP contribution in [0.3, 0.4) is 0 Å². The molecule has 1 heterocycles. The molecule has 5 heteroatoms. The van der Waals surface area contributed by atoms with E-state index < -0.39 is 0 Å². The normalized spacial score (nSPS) is 10.1. The van der Waals surface area contributed by atoms with Crippen LogP contribution >= 0.6 is 0 Å². The van der Waals surface area contributed by atoms with Crippen LogP contribution in [0.25, 0.3) is 0 Å². The van der Waals surface area contributed by atoms with Gasteiger partial charge in [0, 0.05) is 12.6 Å². The highest BCUT2D eigenvalue weighted by Crippen LogP contribution is 2.09. The van der Waals surface area contributed by atoms with Crippen molar-refractivity contribution in [1.82, 2.24) is 10.5 Å². The van der Waals surface area contributed by atoms with Crippen molar-refractivity contribution in [2.45, 2.75) is 6.42 Å². The number of benzene rings is 1. The second-order valence-corrected chi connectivity index (χ2v) is 3.56. The van der Waals surface area contributed by atoms with E-state index in [4.69, 9.17) is 5.11 Å². The smallest absolute Gasteiger partial charge is 0.273 e. The lowest BCUT2D eigenvalue weighted by atomic mass is 10.1. The van der Waals surface area contributed by atoms with E-state index >= 15 is 0 Å². The van der Waals surface area contributed by atoms with Gasteiger partial charge in [-0.05, 0) is 24.1 Å². The fraction of sp³-hybridized carbons (Fsp3) is 0.167. The molecule has 2 rings (SSSR count). The molecule has 1 aromatic carbocycles. The van der Waals surface area contributed by atoms with Crippen LogP contribution in [0.15, 0.2) is 41.1 Å². The second kappa shape index (κ2) is 5.16. The zero-order valence-electron chi connectivity index (χ0n) is 9.09. The largest absolute Gasteiger partial charge is 0.508 e. The molecule has 0 bridgehead atoms. The van der Waals surface area contributed by atoms with Crippen LogP contribution in [0, 0.1) is 0 Å². The van der Waals surface area contributed by atoms with Crippen LogP contribution in [0.4, 0.5) is 0 Å². The molecule has 0 atom stereocenters. The van der Waals surface area contributed by atoms with Gasteiger partial charge < -0.3 is 14.9 Å². The Morgan fingerprint density at radius 2 is 2.06 bits per heavy atom. The summed E-state index contributed by atoms with van der Waals surface area (Å²) in [5.74, 6) is -0.0158. The number of amides is 1. The van der Waals surface area contributed by atoms with E-state index in [1.165, 1.54) is 12.3 Å². The zero-order chi connectivity index (χ0) is 12.1. The van der Waals surface area contributed by atoms with Crippen molar-refractivity contribution in [2.24, 2.45) is 0 Å². The predicted molar refractivity (Wildman–Crippen MR) is 60.6 cm³/mol. The lowest BCUT2D eigenvalue weighted by Crippen LogP contribution is -2.25. The molecule has 0 fully saturated rings. The Hall–Kier alpha value is -2.30. The molecule has 5 nitrogen and oxygen atoms in total. The summed E-state index contributed by atoms with van der Waals surface area (Å²) in [5, 5.41) is 15.4. The van der Waals surface area contributed by atoms with E-state index in [0.29, 0.717) is 13.0 Å². The van der Waals surface area contributed by atoms with E-state index in [2.05, 4.69) is 15.0 Å². The molecular formula is C12H12N2O3. The maximum Gasteiger partial charge on any atom is 0.273 e. The Morgan fingerprint density at radius 1 is 1.29 bits per heavy atom. The summed E-state index contributed by atoms with van der Waals surface area (Å²) in [4.78, 5) is 11.5. The van der Waals surface area contributed by atoms with Crippen molar-refractivity contribution in [1.29, 1.82) is 0 Å². The van der Waals surface area contributed by atoms with Crippen LogP contribution in [-0.4, -0.2) is 22.7 Å². The zero-order valence-corrected chi connectivity index (χ0v) is 9.09. The first-order chi connectivity index (χ1) is 8.25. The van der Waals surface area contributed by atoms with Crippen molar-refractivity contribution >= 4 is 5.91 Å². The summed E-state index contributed by atoms with van der Waals surface area (Å²) < 4.78 is 4.57. The fourth-order valence-electron chi connectivity index (χ4n) is 1.40. The van der Waals surface area contributed by atoms with Gasteiger partial charge in [-0.25, -0.2) is 0 Å². The van der Waals surface area contributed by atoms with Gasteiger partial charge in [0.25, 0.3) is 5.91 Å². The molecule has 1 amide bonds. The van der Waals surface area contributed by atoms with Gasteiger partial charge in [-0.2, -0.15) is 0 Å². The third-order valence-corrected chi connectivity index (χ3v) is 2.31. The molecule has 0 radical (unpaired) electrons. The van der Waals surface area contributed by atoms with Crippen LogP contribution < -0.4 is 5.32 Å². The number of nitrogens with zero attached hydrogens (tertiary/aromatic N) is 1. The fourth-order valence-corrected chi connectivity index (χ4v) is 1.40. The number of phenolic OH excluding ortho intramolecular Hbond substituents is 1. The molecule has 0 spiro atoms. The molecule has 17 heavy (non-hydrogen) atoms. The van der Waals surface area contributed by atoms with Crippen LogP contribution in [0.1, 0.15) is 16.1 Å². The minimum Gasteiger partial charge on any atom is -0.508 e. The lowest BCUT2D eigenvalue weighted by Gasteiger charge is -2.03. The Kier molecular flexibility index (Phi) is 3.40. The summed E-state index contributed by atoms with van der Waals surface area (Å²) in [5.41, 5.74) is 1.32. The van der Waals surface area contributed by atoms with E-state index in [1.807, 2.05) is 12.1 Å². The molecule has 88 valence electrons. The maximum atomic E-state index is 11.5. The number of hydrogen-bond donors (Lipinski definition) is 2. The SMILES string of the molecule is O=C(NCCc1ccc(O)cc1)c1ccon1. The quantitative estimate of drug-likeness (QED) is 0.834. The van der Waals surface area contributed by atoms with Crippen molar-refractivity contribution in [3.63, 3.8) is 0 Å². The summed E-state index contributed by atoms with van der Waals surface area (Å²) in [6.07, 6.45) is 2.05. The Bertz CT molecular complexity index is 477. The third-order valence-electron chi connectivity index (χ3n) is 2.31. The van der Waals surface area contributed by atoms with E-state index in [1.54, 1.807) is 12.1 Å². The van der Waals surface area contributed by atoms with Crippen LogP contribution in [-0.2, 0) is 6.42 Å². The monoisotopic (exact) mass is 232 g/mol. The number of hydrogen-bond acceptors (Lipinski definition) is 4. The highest BCUT2D eigenvalue weighted by molar-refractivity contribution is 5.91. The molecule has 0 aliphatic rings. The summed E-state index contributed by atoms with van der Waals surface area (Å²) in [7, 11) is 0. The topological polar surface area (TPSA) is 75.4 Å². The Labute approximate surface area is 98.1 Å². The average Bonchev–Trinajstić information content (AvgIpc) is 2.85. The maximum absolute atomic E-state index is 11.5. The van der Waals surface area contributed by atoms with Crippen LogP contribution in [0.5, 0.6) is 5.75 Å². The van der Waals surface area contributed by atoms with Crippen molar-refractivity contribution in [2.75, 3.05) is 6.54 Å². The summed E-state index contributed by atoms with van der Waals surface area (Å²) in [6, 6.07) is 8.38. The summed E-state index contributed by atoms with van der Waals surface area (Å²) >= 11 is 0. The minimum absolute atomic E-state index is 0.236. The molecule has 2 aromatic rings. The van der Waals surface area contributed by atoms with E-state index in [-0.39, 0.29) is 17.4 Å². The average molecular weight is 232 g/mol. The predicted octanol–water partition coefficient (Wildman–Crippen LogP) is 1.35. The first-order valence-electron chi connectivity index (χ1n) is 5.22. The van der Waals surface area contributed by atoms with Gasteiger partial charge in [0.15, 0.2) is 5.69 Å². The minimum atomic E-state index is -0.252. The summed E-state index contributed by atoms with van der Waals surface area (Å²) in [6.45, 7) is 0.510. The number of phenols is 1. The third kappa shape index (κ3) is 3.07. The van der Waals surface area contributed by atoms with E-state index in [0.717, 1.165) is 5.56 Å². The van der Waals surface area contributed by atoms with Crippen molar-refractivity contribution < 1.29 is 14.4 Å². The van der Waals surface area contributed by atoms with Crippen LogP contribution in [0.2, 0.25) is 0 Å². The molecule has 1 aromatic heterocycles. The Balaban J connectivity index is 1.80. The molecule has 2 N–H and O–H groups in total. The van der Waals surface area contributed by atoms with Gasteiger partial charge in [-0.3, -0.25) is 4.79 Å². The number of carbonyl (C=O) groups is 1. The van der Waals surface area contributed by atoms with Gasteiger partial charge >= 0.3 is 0 Å². The number of rotatable bonds is 4. The first-order valence-corrected chi connectivity index (χ1v) is 5.22. The van der Waals surface area contributed by atoms with Crippen molar-refractivity contribution in [3.05, 3.63) is 47.9 Å². The lowest BCUT2D eigenvalue weighted by molar-refractivity contribution is 0.0945. The molecule has 0 unspecified atom stereocenters. The molecular weight excluding hydrogens is 220 g/mol.